The molecule has 0 aromatic heterocycles. The molecule has 0 saturated carbocycles. The largest absolute Gasteiger partial charge is 0.468 e. The van der Waals surface area contributed by atoms with Gasteiger partial charge in [-0.25, -0.2) is 0 Å². The Bertz CT molecular complexity index is 789. The SMILES string of the molecule is COC(=O)CN(C=O)c1ccc2c(c1)C(F)(F)c1ccccc1-2. The molecule has 1 aliphatic rings. The van der Waals surface area contributed by atoms with Crippen LogP contribution in [0.5, 0.6) is 0 Å². The summed E-state index contributed by atoms with van der Waals surface area (Å²) in [5.41, 5.74) is 0.894. The number of carbonyl (C=O) groups is 2. The summed E-state index contributed by atoms with van der Waals surface area (Å²) in [5, 5.41) is 0. The summed E-state index contributed by atoms with van der Waals surface area (Å²) in [4.78, 5) is 23.5. The zero-order chi connectivity index (χ0) is 16.6. The fourth-order valence-electron chi connectivity index (χ4n) is 2.74. The van der Waals surface area contributed by atoms with E-state index in [1.54, 1.807) is 18.2 Å². The fraction of sp³-hybridized carbons (Fsp3) is 0.176. The third-order valence-corrected chi connectivity index (χ3v) is 3.88. The Morgan fingerprint density at radius 1 is 1.17 bits per heavy atom. The van der Waals surface area contributed by atoms with E-state index in [0.29, 0.717) is 17.5 Å². The highest BCUT2D eigenvalue weighted by atomic mass is 19.3. The van der Waals surface area contributed by atoms with Gasteiger partial charge in [0.25, 0.3) is 5.92 Å². The van der Waals surface area contributed by atoms with E-state index in [4.69, 9.17) is 0 Å². The number of esters is 1. The molecule has 0 fully saturated rings. The van der Waals surface area contributed by atoms with Gasteiger partial charge in [0.1, 0.15) is 6.54 Å². The van der Waals surface area contributed by atoms with Crippen LogP contribution in [0.4, 0.5) is 14.5 Å². The number of alkyl halides is 2. The molecule has 0 unspecified atom stereocenters. The van der Waals surface area contributed by atoms with Crippen LogP contribution in [0, 0.1) is 0 Å². The maximum Gasteiger partial charge on any atom is 0.325 e. The Hall–Kier alpha value is -2.76. The normalized spacial score (nSPS) is 13.9. The van der Waals surface area contributed by atoms with Gasteiger partial charge in [0.2, 0.25) is 6.41 Å². The van der Waals surface area contributed by atoms with Crippen LogP contribution in [0.15, 0.2) is 42.5 Å². The molecule has 23 heavy (non-hydrogen) atoms. The molecule has 1 aliphatic carbocycles. The number of ether oxygens (including phenoxy) is 1. The first kappa shape index (κ1) is 15.1. The summed E-state index contributed by atoms with van der Waals surface area (Å²) in [6.45, 7) is -0.336. The van der Waals surface area contributed by atoms with E-state index in [1.165, 1.54) is 31.4 Å². The molecule has 0 atom stereocenters. The molecule has 0 bridgehead atoms. The number of halogens is 2. The highest BCUT2D eigenvalue weighted by molar-refractivity contribution is 5.88. The van der Waals surface area contributed by atoms with Crippen molar-refractivity contribution >= 4 is 18.1 Å². The lowest BCUT2D eigenvalue weighted by atomic mass is 10.0. The molecular weight excluding hydrogens is 304 g/mol. The molecule has 6 heteroatoms. The topological polar surface area (TPSA) is 46.6 Å². The van der Waals surface area contributed by atoms with Crippen LogP contribution in [0.2, 0.25) is 0 Å². The lowest BCUT2D eigenvalue weighted by Gasteiger charge is -2.18. The van der Waals surface area contributed by atoms with Gasteiger partial charge in [-0.2, -0.15) is 8.78 Å². The van der Waals surface area contributed by atoms with Gasteiger partial charge in [-0.3, -0.25) is 9.59 Å². The Balaban J connectivity index is 2.06. The number of methoxy groups -OCH3 is 1. The quantitative estimate of drug-likeness (QED) is 0.643. The Morgan fingerprint density at radius 3 is 2.57 bits per heavy atom. The average Bonchev–Trinajstić information content (AvgIpc) is 2.80. The molecule has 0 spiro atoms. The van der Waals surface area contributed by atoms with Crippen LogP contribution in [-0.2, 0) is 20.2 Å². The zero-order valence-electron chi connectivity index (χ0n) is 12.3. The van der Waals surface area contributed by atoms with Gasteiger partial charge in [-0.1, -0.05) is 30.3 Å². The van der Waals surface area contributed by atoms with E-state index in [9.17, 15) is 18.4 Å². The van der Waals surface area contributed by atoms with E-state index >= 15 is 0 Å². The van der Waals surface area contributed by atoms with Crippen LogP contribution in [0.1, 0.15) is 11.1 Å². The van der Waals surface area contributed by atoms with E-state index in [-0.39, 0.29) is 23.4 Å². The van der Waals surface area contributed by atoms with Crippen LogP contribution >= 0.6 is 0 Å². The van der Waals surface area contributed by atoms with Crippen molar-refractivity contribution in [3.05, 3.63) is 53.6 Å². The molecule has 1 amide bonds. The molecule has 0 saturated heterocycles. The summed E-state index contributed by atoms with van der Waals surface area (Å²) < 4.78 is 33.7. The fourth-order valence-corrected chi connectivity index (χ4v) is 2.74. The maximum absolute atomic E-state index is 14.6. The molecule has 0 N–H and O–H groups in total. The van der Waals surface area contributed by atoms with Crippen molar-refractivity contribution in [2.45, 2.75) is 5.92 Å². The summed E-state index contributed by atoms with van der Waals surface area (Å²) in [6, 6.07) is 10.6. The average molecular weight is 317 g/mol. The van der Waals surface area contributed by atoms with E-state index in [2.05, 4.69) is 4.74 Å². The summed E-state index contributed by atoms with van der Waals surface area (Å²) in [5.74, 6) is -3.77. The monoisotopic (exact) mass is 317 g/mol. The first-order valence-corrected chi connectivity index (χ1v) is 6.90. The Kier molecular flexibility index (Phi) is 3.60. The number of hydrogen-bond acceptors (Lipinski definition) is 3. The van der Waals surface area contributed by atoms with Gasteiger partial charge in [-0.05, 0) is 23.3 Å². The molecular formula is C17H13F2NO3. The molecule has 2 aromatic carbocycles. The van der Waals surface area contributed by atoms with Gasteiger partial charge in [0.15, 0.2) is 0 Å². The highest BCUT2D eigenvalue weighted by Crippen LogP contribution is 2.51. The van der Waals surface area contributed by atoms with Gasteiger partial charge < -0.3 is 9.64 Å². The second-order valence-corrected chi connectivity index (χ2v) is 5.16. The molecule has 118 valence electrons. The van der Waals surface area contributed by atoms with Crippen LogP contribution < -0.4 is 4.90 Å². The van der Waals surface area contributed by atoms with E-state index in [1.807, 2.05) is 0 Å². The predicted molar refractivity (Wildman–Crippen MR) is 80.3 cm³/mol. The number of amides is 1. The molecule has 0 heterocycles. The summed E-state index contributed by atoms with van der Waals surface area (Å²) in [6.07, 6.45) is 0.416. The maximum atomic E-state index is 14.6. The zero-order valence-corrected chi connectivity index (χ0v) is 12.3. The van der Waals surface area contributed by atoms with Crippen LogP contribution in [0.25, 0.3) is 11.1 Å². The number of hydrogen-bond donors (Lipinski definition) is 0. The number of fused-ring (bicyclic) bond motifs is 3. The second kappa shape index (κ2) is 5.46. The first-order valence-electron chi connectivity index (χ1n) is 6.90. The highest BCUT2D eigenvalue weighted by Gasteiger charge is 2.44. The van der Waals surface area contributed by atoms with Crippen molar-refractivity contribution in [3.8, 4) is 11.1 Å². The van der Waals surface area contributed by atoms with Crippen molar-refractivity contribution in [1.29, 1.82) is 0 Å². The van der Waals surface area contributed by atoms with Crippen LogP contribution in [0.3, 0.4) is 0 Å². The number of benzene rings is 2. The smallest absolute Gasteiger partial charge is 0.325 e. The lowest BCUT2D eigenvalue weighted by Crippen LogP contribution is -2.29. The van der Waals surface area contributed by atoms with Crippen molar-refractivity contribution in [2.24, 2.45) is 0 Å². The number of carbonyl (C=O) groups excluding carboxylic acids is 2. The van der Waals surface area contributed by atoms with E-state index in [0.717, 1.165) is 4.90 Å². The minimum Gasteiger partial charge on any atom is -0.468 e. The molecule has 4 nitrogen and oxygen atoms in total. The second-order valence-electron chi connectivity index (χ2n) is 5.16. The Morgan fingerprint density at radius 2 is 1.87 bits per heavy atom. The number of rotatable bonds is 4. The Labute approximate surface area is 131 Å². The van der Waals surface area contributed by atoms with Crippen molar-refractivity contribution in [3.63, 3.8) is 0 Å². The first-order chi connectivity index (χ1) is 11.0. The third kappa shape index (κ3) is 2.36. The summed E-state index contributed by atoms with van der Waals surface area (Å²) >= 11 is 0. The van der Waals surface area contributed by atoms with Gasteiger partial charge in [-0.15, -0.1) is 0 Å². The standard InChI is InChI=1S/C17H13F2NO3/c1-23-16(22)9-20(10-21)11-6-7-13-12-4-2-3-5-14(12)17(18,19)15(13)8-11/h2-8,10H,9H2,1H3. The number of anilines is 1. The predicted octanol–water partition coefficient (Wildman–Crippen LogP) is 2.94. The summed E-state index contributed by atoms with van der Waals surface area (Å²) in [7, 11) is 1.19. The minimum atomic E-state index is -3.14. The van der Waals surface area contributed by atoms with Crippen molar-refractivity contribution in [2.75, 3.05) is 18.6 Å². The number of nitrogens with zero attached hydrogens (tertiary/aromatic N) is 1. The van der Waals surface area contributed by atoms with Gasteiger partial charge in [0, 0.05) is 16.8 Å². The van der Waals surface area contributed by atoms with Crippen LogP contribution in [-0.4, -0.2) is 26.0 Å². The van der Waals surface area contributed by atoms with Crippen molar-refractivity contribution < 1.29 is 23.1 Å². The van der Waals surface area contributed by atoms with Crippen molar-refractivity contribution in [1.82, 2.24) is 0 Å². The minimum absolute atomic E-state index is 0.0576. The van der Waals surface area contributed by atoms with Gasteiger partial charge >= 0.3 is 5.97 Å². The molecule has 2 aromatic rings. The molecule has 3 rings (SSSR count). The third-order valence-electron chi connectivity index (χ3n) is 3.88. The molecule has 0 radical (unpaired) electrons. The lowest BCUT2D eigenvalue weighted by molar-refractivity contribution is -0.139. The van der Waals surface area contributed by atoms with E-state index < -0.39 is 11.9 Å². The molecule has 0 aliphatic heterocycles. The van der Waals surface area contributed by atoms with Gasteiger partial charge in [0.05, 0.1) is 7.11 Å².